The molecule has 180 valence electrons. The SMILES string of the molecule is COc1cc([C@@H]2Nc3ccccc3NC3=C2C(=O)C[C@H](c2ccc(Cl)cc2)C3)cc(OC)c1OC. The predicted octanol–water partition coefficient (Wildman–Crippen LogP) is 6.35. The Kier molecular flexibility index (Phi) is 6.31. The van der Waals surface area contributed by atoms with E-state index in [-0.39, 0.29) is 11.7 Å². The Hall–Kier alpha value is -3.64. The minimum atomic E-state index is -0.395. The van der Waals surface area contributed by atoms with Gasteiger partial charge in [0, 0.05) is 22.7 Å². The van der Waals surface area contributed by atoms with Crippen LogP contribution in [0.4, 0.5) is 11.4 Å². The molecule has 1 heterocycles. The van der Waals surface area contributed by atoms with Crippen molar-refractivity contribution < 1.29 is 19.0 Å². The number of ketones is 1. The van der Waals surface area contributed by atoms with E-state index in [9.17, 15) is 4.79 Å². The molecule has 0 bridgehead atoms. The number of anilines is 2. The second-order valence-electron chi connectivity index (χ2n) is 8.68. The molecule has 3 aromatic carbocycles. The number of hydrogen-bond acceptors (Lipinski definition) is 6. The van der Waals surface area contributed by atoms with Crippen molar-refractivity contribution in [2.75, 3.05) is 32.0 Å². The van der Waals surface area contributed by atoms with Crippen LogP contribution in [0.5, 0.6) is 17.2 Å². The summed E-state index contributed by atoms with van der Waals surface area (Å²) in [6, 6.07) is 19.1. The van der Waals surface area contributed by atoms with Crippen LogP contribution in [0.3, 0.4) is 0 Å². The van der Waals surface area contributed by atoms with Crippen LogP contribution < -0.4 is 24.8 Å². The second kappa shape index (κ2) is 9.55. The van der Waals surface area contributed by atoms with E-state index in [0.29, 0.717) is 35.1 Å². The van der Waals surface area contributed by atoms with Crippen molar-refractivity contribution in [2.24, 2.45) is 0 Å². The molecule has 0 unspecified atom stereocenters. The number of ether oxygens (including phenoxy) is 3. The van der Waals surface area contributed by atoms with Gasteiger partial charge in [0.1, 0.15) is 0 Å². The fourth-order valence-electron chi connectivity index (χ4n) is 4.98. The molecule has 0 fully saturated rings. The molecule has 0 saturated carbocycles. The number of para-hydroxylation sites is 2. The van der Waals surface area contributed by atoms with Crippen molar-refractivity contribution in [1.82, 2.24) is 0 Å². The summed E-state index contributed by atoms with van der Waals surface area (Å²) in [5.74, 6) is 1.75. The van der Waals surface area contributed by atoms with E-state index in [1.165, 1.54) is 0 Å². The van der Waals surface area contributed by atoms with Crippen LogP contribution >= 0.6 is 11.6 Å². The molecule has 2 N–H and O–H groups in total. The van der Waals surface area contributed by atoms with Crippen molar-refractivity contribution in [1.29, 1.82) is 0 Å². The molecule has 7 heteroatoms. The maximum atomic E-state index is 13.7. The summed E-state index contributed by atoms with van der Waals surface area (Å²) < 4.78 is 16.7. The van der Waals surface area contributed by atoms with E-state index in [0.717, 1.165) is 33.8 Å². The lowest BCUT2D eigenvalue weighted by molar-refractivity contribution is -0.116. The molecule has 0 saturated heterocycles. The van der Waals surface area contributed by atoms with Crippen LogP contribution in [-0.2, 0) is 4.79 Å². The number of methoxy groups -OCH3 is 3. The van der Waals surface area contributed by atoms with Crippen LogP contribution in [0.2, 0.25) is 5.02 Å². The molecule has 1 aliphatic heterocycles. The molecule has 35 heavy (non-hydrogen) atoms. The van der Waals surface area contributed by atoms with Crippen LogP contribution in [-0.4, -0.2) is 27.1 Å². The maximum Gasteiger partial charge on any atom is 0.203 e. The summed E-state index contributed by atoms with van der Waals surface area (Å²) in [6.45, 7) is 0. The number of Topliss-reactive ketones (excluding diaryl/α,β-unsaturated/α-hetero) is 1. The first-order valence-electron chi connectivity index (χ1n) is 11.5. The van der Waals surface area contributed by atoms with E-state index >= 15 is 0 Å². The number of hydrogen-bond donors (Lipinski definition) is 2. The topological polar surface area (TPSA) is 68.8 Å². The summed E-state index contributed by atoms with van der Waals surface area (Å²) in [4.78, 5) is 13.7. The number of fused-ring (bicyclic) bond motifs is 1. The van der Waals surface area contributed by atoms with Crippen LogP contribution in [0.1, 0.15) is 35.9 Å². The molecule has 6 nitrogen and oxygen atoms in total. The van der Waals surface area contributed by atoms with E-state index in [1.807, 2.05) is 60.7 Å². The number of rotatable bonds is 5. The number of benzene rings is 3. The Morgan fingerprint density at radius 1 is 0.829 bits per heavy atom. The first kappa shape index (κ1) is 23.1. The molecule has 2 atom stereocenters. The Balaban J connectivity index is 1.64. The Bertz CT molecular complexity index is 1280. The fraction of sp³-hybridized carbons (Fsp3) is 0.250. The fourth-order valence-corrected chi connectivity index (χ4v) is 5.11. The van der Waals surface area contributed by atoms with Crippen molar-refractivity contribution in [3.63, 3.8) is 0 Å². The van der Waals surface area contributed by atoms with Crippen molar-refractivity contribution in [2.45, 2.75) is 24.8 Å². The van der Waals surface area contributed by atoms with Gasteiger partial charge < -0.3 is 24.8 Å². The van der Waals surface area contributed by atoms with Gasteiger partial charge in [-0.25, -0.2) is 0 Å². The van der Waals surface area contributed by atoms with E-state index in [2.05, 4.69) is 10.6 Å². The summed E-state index contributed by atoms with van der Waals surface area (Å²) >= 11 is 6.10. The lowest BCUT2D eigenvalue weighted by Crippen LogP contribution is -2.27. The zero-order chi connectivity index (χ0) is 24.5. The molecule has 5 rings (SSSR count). The Morgan fingerprint density at radius 2 is 1.49 bits per heavy atom. The van der Waals surface area contributed by atoms with Gasteiger partial charge in [-0.2, -0.15) is 0 Å². The maximum absolute atomic E-state index is 13.7. The average molecular weight is 491 g/mol. The first-order valence-corrected chi connectivity index (χ1v) is 11.8. The summed E-state index contributed by atoms with van der Waals surface area (Å²) in [6.07, 6.45) is 1.13. The lowest BCUT2D eigenvalue weighted by Gasteiger charge is -2.30. The van der Waals surface area contributed by atoms with Crippen molar-refractivity contribution in [3.05, 3.63) is 88.1 Å². The average Bonchev–Trinajstić information content (AvgIpc) is 3.05. The zero-order valence-corrected chi connectivity index (χ0v) is 20.6. The minimum Gasteiger partial charge on any atom is -0.493 e. The van der Waals surface area contributed by atoms with Gasteiger partial charge in [-0.15, -0.1) is 0 Å². The van der Waals surface area contributed by atoms with Gasteiger partial charge in [-0.05, 0) is 59.9 Å². The summed E-state index contributed by atoms with van der Waals surface area (Å²) in [5.41, 5.74) is 5.43. The predicted molar refractivity (Wildman–Crippen MR) is 138 cm³/mol. The smallest absolute Gasteiger partial charge is 0.203 e. The highest BCUT2D eigenvalue weighted by Crippen LogP contribution is 2.47. The van der Waals surface area contributed by atoms with Gasteiger partial charge in [-0.1, -0.05) is 35.9 Å². The third-order valence-electron chi connectivity index (χ3n) is 6.67. The molecular formula is C28H27ClN2O4. The summed E-state index contributed by atoms with van der Waals surface area (Å²) in [5, 5.41) is 7.85. The standard InChI is InChI=1S/C28H27ClN2O4/c1-33-24-14-18(15-25(34-2)28(24)35-3)27-26-22(30-20-6-4-5-7-21(20)31-27)12-17(13-23(26)32)16-8-10-19(29)11-9-16/h4-11,14-15,17,27,30-31H,12-13H2,1-3H3/t17-,27+/m1/s1. The highest BCUT2D eigenvalue weighted by atomic mass is 35.5. The normalized spacial score (nSPS) is 19.0. The number of allylic oxidation sites excluding steroid dienone is 1. The number of nitrogens with one attached hydrogen (secondary N) is 2. The first-order chi connectivity index (χ1) is 17.0. The molecular weight excluding hydrogens is 464 g/mol. The largest absolute Gasteiger partial charge is 0.493 e. The Labute approximate surface area is 209 Å². The lowest BCUT2D eigenvalue weighted by atomic mass is 9.78. The third-order valence-corrected chi connectivity index (χ3v) is 6.92. The van der Waals surface area contributed by atoms with Crippen molar-refractivity contribution in [3.8, 4) is 17.2 Å². The quantitative estimate of drug-likeness (QED) is 0.434. The van der Waals surface area contributed by atoms with Crippen LogP contribution in [0, 0.1) is 0 Å². The third kappa shape index (κ3) is 4.30. The van der Waals surface area contributed by atoms with Crippen LogP contribution in [0.15, 0.2) is 71.9 Å². The molecule has 3 aromatic rings. The number of carbonyl (C=O) groups is 1. The van der Waals surface area contributed by atoms with E-state index in [1.54, 1.807) is 21.3 Å². The monoisotopic (exact) mass is 490 g/mol. The summed E-state index contributed by atoms with van der Waals surface area (Å²) in [7, 11) is 4.75. The van der Waals surface area contributed by atoms with Gasteiger partial charge >= 0.3 is 0 Å². The van der Waals surface area contributed by atoms with Gasteiger partial charge in [-0.3, -0.25) is 4.79 Å². The van der Waals surface area contributed by atoms with Gasteiger partial charge in [0.2, 0.25) is 5.75 Å². The Morgan fingerprint density at radius 3 is 2.11 bits per heavy atom. The molecule has 1 aliphatic carbocycles. The van der Waals surface area contributed by atoms with Crippen molar-refractivity contribution >= 4 is 28.8 Å². The van der Waals surface area contributed by atoms with Gasteiger partial charge in [0.25, 0.3) is 0 Å². The molecule has 0 amide bonds. The van der Waals surface area contributed by atoms with E-state index in [4.69, 9.17) is 25.8 Å². The molecule has 0 radical (unpaired) electrons. The molecule has 0 spiro atoms. The van der Waals surface area contributed by atoms with Crippen LogP contribution in [0.25, 0.3) is 0 Å². The number of halogens is 1. The second-order valence-corrected chi connectivity index (χ2v) is 9.12. The highest BCUT2D eigenvalue weighted by molar-refractivity contribution is 6.30. The van der Waals surface area contributed by atoms with Gasteiger partial charge in [0.05, 0.1) is 38.7 Å². The zero-order valence-electron chi connectivity index (χ0n) is 19.9. The minimum absolute atomic E-state index is 0.0665. The van der Waals surface area contributed by atoms with E-state index < -0.39 is 6.04 Å². The highest BCUT2D eigenvalue weighted by Gasteiger charge is 2.36. The molecule has 0 aromatic heterocycles. The number of carbonyl (C=O) groups excluding carboxylic acids is 1. The van der Waals surface area contributed by atoms with Gasteiger partial charge in [0.15, 0.2) is 17.3 Å². The molecule has 2 aliphatic rings.